The third kappa shape index (κ3) is 2.64. The number of anilines is 1. The summed E-state index contributed by atoms with van der Waals surface area (Å²) in [6.45, 7) is 1.67. The van der Waals surface area contributed by atoms with Crippen LogP contribution in [0.2, 0.25) is 0 Å². The second-order valence-electron chi connectivity index (χ2n) is 6.11. The summed E-state index contributed by atoms with van der Waals surface area (Å²) in [7, 11) is 1.69. The molecule has 0 unspecified atom stereocenters. The van der Waals surface area contributed by atoms with E-state index in [1.807, 2.05) is 30.3 Å². The van der Waals surface area contributed by atoms with Gasteiger partial charge in [-0.3, -0.25) is 0 Å². The van der Waals surface area contributed by atoms with Gasteiger partial charge in [0, 0.05) is 24.5 Å². The number of aryl methyl sites for hydroxylation is 1. The Hall–Kier alpha value is -2.75. The van der Waals surface area contributed by atoms with E-state index in [-0.39, 0.29) is 5.63 Å². The Labute approximate surface area is 140 Å². The molecule has 0 saturated carbocycles. The number of ether oxygens (including phenoxy) is 1. The molecular weight excluding hydrogens is 302 g/mol. The lowest BCUT2D eigenvalue weighted by atomic mass is 10.0. The SMILES string of the molecule is COc1ccc2c(c1)CN(c1cc(=O)oc3ccccc13)CCC2. The Morgan fingerprint density at radius 1 is 1.08 bits per heavy atom. The maximum Gasteiger partial charge on any atom is 0.338 e. The highest BCUT2D eigenvalue weighted by molar-refractivity contribution is 5.90. The van der Waals surface area contributed by atoms with Crippen molar-refractivity contribution in [3.63, 3.8) is 0 Å². The molecule has 4 heteroatoms. The van der Waals surface area contributed by atoms with Crippen LogP contribution >= 0.6 is 0 Å². The summed E-state index contributed by atoms with van der Waals surface area (Å²) >= 11 is 0. The first-order valence-corrected chi connectivity index (χ1v) is 8.18. The van der Waals surface area contributed by atoms with Crippen LogP contribution in [0.4, 0.5) is 5.69 Å². The molecule has 0 saturated heterocycles. The Kier molecular flexibility index (Phi) is 3.73. The number of fused-ring (bicyclic) bond motifs is 2. The average molecular weight is 321 g/mol. The van der Waals surface area contributed by atoms with Crippen molar-refractivity contribution < 1.29 is 9.15 Å². The number of hydrogen-bond donors (Lipinski definition) is 0. The van der Waals surface area contributed by atoms with Gasteiger partial charge >= 0.3 is 5.63 Å². The van der Waals surface area contributed by atoms with Crippen LogP contribution in [0.3, 0.4) is 0 Å². The van der Waals surface area contributed by atoms with E-state index < -0.39 is 0 Å². The van der Waals surface area contributed by atoms with E-state index in [1.165, 1.54) is 11.1 Å². The summed E-state index contributed by atoms with van der Waals surface area (Å²) in [6, 6.07) is 15.6. The molecule has 1 aliphatic rings. The van der Waals surface area contributed by atoms with E-state index in [0.717, 1.165) is 42.8 Å². The average Bonchev–Trinajstić information content (AvgIpc) is 2.82. The molecule has 0 radical (unpaired) electrons. The van der Waals surface area contributed by atoms with Crippen LogP contribution in [0.1, 0.15) is 17.5 Å². The second-order valence-corrected chi connectivity index (χ2v) is 6.11. The molecule has 0 atom stereocenters. The summed E-state index contributed by atoms with van der Waals surface area (Å²) in [4.78, 5) is 14.2. The molecule has 24 heavy (non-hydrogen) atoms. The zero-order chi connectivity index (χ0) is 16.5. The van der Waals surface area contributed by atoms with Crippen molar-refractivity contribution in [1.82, 2.24) is 0 Å². The maximum absolute atomic E-state index is 12.0. The van der Waals surface area contributed by atoms with Crippen LogP contribution in [0.15, 0.2) is 57.7 Å². The van der Waals surface area contributed by atoms with Crippen molar-refractivity contribution in [2.75, 3.05) is 18.6 Å². The van der Waals surface area contributed by atoms with Crippen LogP contribution in [0.25, 0.3) is 11.0 Å². The second kappa shape index (κ2) is 6.04. The van der Waals surface area contributed by atoms with Gasteiger partial charge in [0.15, 0.2) is 0 Å². The zero-order valence-electron chi connectivity index (χ0n) is 13.6. The molecule has 0 N–H and O–H groups in total. The highest BCUT2D eigenvalue weighted by Crippen LogP contribution is 2.30. The fraction of sp³-hybridized carbons (Fsp3) is 0.250. The molecule has 0 spiro atoms. The summed E-state index contributed by atoms with van der Waals surface area (Å²) in [5.74, 6) is 0.869. The van der Waals surface area contributed by atoms with Gasteiger partial charge in [-0.25, -0.2) is 4.79 Å². The van der Waals surface area contributed by atoms with Crippen molar-refractivity contribution in [2.45, 2.75) is 19.4 Å². The molecule has 122 valence electrons. The fourth-order valence-electron chi connectivity index (χ4n) is 3.43. The highest BCUT2D eigenvalue weighted by atomic mass is 16.5. The van der Waals surface area contributed by atoms with Gasteiger partial charge in [0.25, 0.3) is 0 Å². The first-order chi connectivity index (χ1) is 11.7. The molecule has 3 aromatic rings. The van der Waals surface area contributed by atoms with E-state index >= 15 is 0 Å². The summed E-state index contributed by atoms with van der Waals surface area (Å²) < 4.78 is 10.7. The van der Waals surface area contributed by atoms with Crippen molar-refractivity contribution in [3.8, 4) is 5.75 Å². The third-order valence-corrected chi connectivity index (χ3v) is 4.62. The van der Waals surface area contributed by atoms with Crippen LogP contribution in [-0.2, 0) is 13.0 Å². The normalized spacial score (nSPS) is 14.3. The lowest BCUT2D eigenvalue weighted by Gasteiger charge is -2.24. The minimum Gasteiger partial charge on any atom is -0.497 e. The van der Waals surface area contributed by atoms with Crippen molar-refractivity contribution >= 4 is 16.7 Å². The number of methoxy groups -OCH3 is 1. The largest absolute Gasteiger partial charge is 0.497 e. The number of rotatable bonds is 2. The quantitative estimate of drug-likeness (QED) is 0.674. The topological polar surface area (TPSA) is 42.7 Å². The van der Waals surface area contributed by atoms with Crippen LogP contribution in [-0.4, -0.2) is 13.7 Å². The molecule has 4 rings (SSSR count). The number of benzene rings is 2. The van der Waals surface area contributed by atoms with E-state index in [2.05, 4.69) is 17.0 Å². The van der Waals surface area contributed by atoms with Crippen LogP contribution in [0.5, 0.6) is 5.75 Å². The maximum atomic E-state index is 12.0. The van der Waals surface area contributed by atoms with Crippen LogP contribution < -0.4 is 15.3 Å². The summed E-state index contributed by atoms with van der Waals surface area (Å²) in [5, 5.41) is 0.975. The predicted molar refractivity (Wildman–Crippen MR) is 94.8 cm³/mol. The molecule has 0 aliphatic carbocycles. The zero-order valence-corrected chi connectivity index (χ0v) is 13.6. The van der Waals surface area contributed by atoms with E-state index in [0.29, 0.717) is 5.58 Å². The van der Waals surface area contributed by atoms with Gasteiger partial charge < -0.3 is 14.1 Å². The van der Waals surface area contributed by atoms with Gasteiger partial charge in [-0.15, -0.1) is 0 Å². The van der Waals surface area contributed by atoms with E-state index in [9.17, 15) is 4.79 Å². The molecule has 4 nitrogen and oxygen atoms in total. The Bertz CT molecular complexity index is 945. The first-order valence-electron chi connectivity index (χ1n) is 8.18. The van der Waals surface area contributed by atoms with Gasteiger partial charge in [0.2, 0.25) is 0 Å². The monoisotopic (exact) mass is 321 g/mol. The minimum absolute atomic E-state index is 0.307. The third-order valence-electron chi connectivity index (χ3n) is 4.62. The standard InChI is InChI=1S/C20H19NO3/c1-23-16-9-8-14-5-4-10-21(13-15(14)11-16)18-12-20(22)24-19-7-3-2-6-17(18)19/h2-3,6-9,11-12H,4-5,10,13H2,1H3. The van der Waals surface area contributed by atoms with Gasteiger partial charge in [-0.05, 0) is 48.2 Å². The molecule has 2 aromatic carbocycles. The molecule has 0 bridgehead atoms. The lowest BCUT2D eigenvalue weighted by molar-refractivity contribution is 0.414. The van der Waals surface area contributed by atoms with Gasteiger partial charge in [0.1, 0.15) is 11.3 Å². The summed E-state index contributed by atoms with van der Waals surface area (Å²) in [5.41, 5.74) is 3.88. The van der Waals surface area contributed by atoms with Gasteiger partial charge in [-0.2, -0.15) is 0 Å². The molecule has 0 fully saturated rings. The first kappa shape index (κ1) is 14.8. The molecule has 2 heterocycles. The highest BCUT2D eigenvalue weighted by Gasteiger charge is 2.18. The smallest absolute Gasteiger partial charge is 0.338 e. The van der Waals surface area contributed by atoms with E-state index in [4.69, 9.17) is 9.15 Å². The van der Waals surface area contributed by atoms with Gasteiger partial charge in [-0.1, -0.05) is 18.2 Å². The number of para-hydroxylation sites is 1. The number of nitrogens with zero attached hydrogens (tertiary/aromatic N) is 1. The summed E-state index contributed by atoms with van der Waals surface area (Å²) in [6.07, 6.45) is 2.09. The molecule has 1 aliphatic heterocycles. The van der Waals surface area contributed by atoms with Crippen molar-refractivity contribution in [2.24, 2.45) is 0 Å². The minimum atomic E-state index is -0.307. The lowest BCUT2D eigenvalue weighted by Crippen LogP contribution is -2.24. The van der Waals surface area contributed by atoms with Crippen LogP contribution in [0, 0.1) is 0 Å². The van der Waals surface area contributed by atoms with Gasteiger partial charge in [0.05, 0.1) is 12.8 Å². The molecular formula is C20H19NO3. The Balaban J connectivity index is 1.81. The predicted octanol–water partition coefficient (Wildman–Crippen LogP) is 3.75. The molecule has 1 aromatic heterocycles. The van der Waals surface area contributed by atoms with Crippen molar-refractivity contribution in [1.29, 1.82) is 0 Å². The Morgan fingerprint density at radius 3 is 2.83 bits per heavy atom. The fourth-order valence-corrected chi connectivity index (χ4v) is 3.43. The Morgan fingerprint density at radius 2 is 1.96 bits per heavy atom. The number of hydrogen-bond acceptors (Lipinski definition) is 4. The van der Waals surface area contributed by atoms with E-state index in [1.54, 1.807) is 13.2 Å². The molecule has 0 amide bonds. The van der Waals surface area contributed by atoms with Crippen molar-refractivity contribution in [3.05, 3.63) is 70.1 Å².